The first-order valence-electron chi connectivity index (χ1n) is 2.40. The number of nitrogens with zero attached hydrogens (tertiary/aromatic N) is 6. The summed E-state index contributed by atoms with van der Waals surface area (Å²) in [6, 6.07) is 0. The van der Waals surface area contributed by atoms with Gasteiger partial charge in [0.15, 0.2) is 0 Å². The molecule has 0 aromatic heterocycles. The molecule has 72 valence electrons. The van der Waals surface area contributed by atoms with Crippen molar-refractivity contribution in [3.63, 3.8) is 0 Å². The Morgan fingerprint density at radius 2 is 0.688 bits per heavy atom. The Balaban J connectivity index is -0.000000240. The van der Waals surface area contributed by atoms with Crippen molar-refractivity contribution in [1.29, 1.82) is 31.6 Å². The van der Waals surface area contributed by atoms with Crippen molar-refractivity contribution < 1.29 is 109 Å². The van der Waals surface area contributed by atoms with E-state index in [1.54, 1.807) is 0 Å². The van der Waals surface area contributed by atoms with Gasteiger partial charge in [-0.25, -0.2) is 0 Å². The molecule has 0 atom stereocenters. The zero-order valence-electron chi connectivity index (χ0n) is 8.39. The van der Waals surface area contributed by atoms with Crippen LogP contribution in [-0.2, 0) is 27.8 Å². The topological polar surface area (TPSA) is 143 Å². The molecule has 0 bridgehead atoms. The quantitative estimate of drug-likeness (QED) is 0.405. The molecule has 0 aliphatic rings. The fourth-order valence-electron chi connectivity index (χ4n) is 0.265. The maximum absolute atomic E-state index is 8.58. The first kappa shape index (κ1) is 25.5. The van der Waals surface area contributed by atoms with Crippen LogP contribution in [-0.4, -0.2) is 0 Å². The molecule has 0 spiro atoms. The first-order valence-corrected chi connectivity index (χ1v) is 5.71. The van der Waals surface area contributed by atoms with Crippen LogP contribution in [0.3, 0.4) is 0 Å². The van der Waals surface area contributed by atoms with Crippen LogP contribution in [0.5, 0.6) is 0 Å². The smallest absolute Gasteiger partial charge is 1.00 e. The Bertz CT molecular complexity index is 401. The minimum absolute atomic E-state index is 0. The van der Waals surface area contributed by atoms with E-state index in [1.165, 1.54) is 0 Å². The molecule has 0 amide bonds. The fourth-order valence-corrected chi connectivity index (χ4v) is 1.09. The summed E-state index contributed by atoms with van der Waals surface area (Å²) in [4.78, 5) is 6.19. The predicted octanol–water partition coefficient (Wildman–Crippen LogP) is -5.90. The van der Waals surface area contributed by atoms with Crippen molar-refractivity contribution in [3.05, 3.63) is 0 Å². The third-order valence-corrected chi connectivity index (χ3v) is 4.89. The Kier molecular flexibility index (Phi) is 11.4. The van der Waals surface area contributed by atoms with E-state index in [-0.39, 0.29) is 98.0 Å². The summed E-state index contributed by atoms with van der Waals surface area (Å²) in [6.45, 7) is 0. The van der Waals surface area contributed by atoms with Crippen LogP contribution in [0.25, 0.3) is 0 Å². The van der Waals surface area contributed by atoms with Crippen LogP contribution in [0.1, 0.15) is 0 Å². The Morgan fingerprint density at radius 1 is 0.562 bits per heavy atom. The number of rotatable bonds is 0. The van der Waals surface area contributed by atoms with Gasteiger partial charge in [-0.3, -0.25) is 0 Å². The van der Waals surface area contributed by atoms with Gasteiger partial charge < -0.3 is 0 Å². The molecule has 0 radical (unpaired) electrons. The summed E-state index contributed by atoms with van der Waals surface area (Å²) in [5, 5.41) is 51.5. The SMILES string of the molecule is N#[C][Fe-4]([C]#N)([C]#N)([C]#N)([C]#N)[C]#N.[Fe+2].[K+].[Na+]. The van der Waals surface area contributed by atoms with E-state index in [4.69, 9.17) is 31.6 Å². The van der Waals surface area contributed by atoms with Crippen LogP contribution in [0.4, 0.5) is 0 Å². The van der Waals surface area contributed by atoms with Gasteiger partial charge in [0.25, 0.3) is 0 Å². The van der Waals surface area contributed by atoms with Crippen LogP contribution >= 0.6 is 0 Å². The average Bonchev–Trinajstić information content (AvgIpc) is 2.26. The zero-order chi connectivity index (χ0) is 10.7. The molecule has 0 fully saturated rings. The third-order valence-electron chi connectivity index (χ3n) is 1.19. The monoisotopic (exact) mass is 330 g/mol. The van der Waals surface area contributed by atoms with Crippen molar-refractivity contribution in [2.45, 2.75) is 0 Å². The van der Waals surface area contributed by atoms with Gasteiger partial charge in [-0.05, 0) is 0 Å². The standard InChI is InChI=1S/6CN.2Fe.K.Na/c6*1-2;;;;/q;;;;;;-4;+2;2*+1. The van der Waals surface area contributed by atoms with Gasteiger partial charge in [-0.2, -0.15) is 0 Å². The Labute approximate surface area is 167 Å². The van der Waals surface area contributed by atoms with Gasteiger partial charge >= 0.3 is 170 Å². The number of hydrogen-bond acceptors (Lipinski definition) is 6. The minimum Gasteiger partial charge on any atom is 1.00 e. The normalized spacial score (nSPS) is 10.9. The first-order chi connectivity index (χ1) is 5.97. The second-order valence-electron chi connectivity index (χ2n) is 1.80. The second-order valence-corrected chi connectivity index (χ2v) is 7.42. The molecule has 6 nitrogen and oxygen atoms in total. The Hall–Kier alpha value is 0.615. The molecular formula is C6Fe2KN6Na. The number of hydrogen-bond donors (Lipinski definition) is 0. The molecule has 0 saturated carbocycles. The van der Waals surface area contributed by atoms with E-state index in [0.29, 0.717) is 0 Å². The molecular weight excluding hydrogens is 330 g/mol. The zero-order valence-corrected chi connectivity index (χ0v) is 15.7. The minimum atomic E-state index is -6.17. The van der Waals surface area contributed by atoms with Gasteiger partial charge in [-0.15, -0.1) is 0 Å². The summed E-state index contributed by atoms with van der Waals surface area (Å²) in [5.74, 6) is 0. The molecule has 0 saturated heterocycles. The van der Waals surface area contributed by atoms with Gasteiger partial charge in [0.05, 0.1) is 0 Å². The largest absolute Gasteiger partial charge is 2.00 e. The van der Waals surface area contributed by atoms with Gasteiger partial charge in [-0.1, -0.05) is 0 Å². The van der Waals surface area contributed by atoms with E-state index in [9.17, 15) is 0 Å². The summed E-state index contributed by atoms with van der Waals surface area (Å²) in [6.07, 6.45) is 0. The van der Waals surface area contributed by atoms with Gasteiger partial charge in [0.1, 0.15) is 0 Å². The maximum Gasteiger partial charge on any atom is 2.00 e. The molecule has 0 aliphatic heterocycles. The Morgan fingerprint density at radius 3 is 0.688 bits per heavy atom. The van der Waals surface area contributed by atoms with Crippen molar-refractivity contribution in [1.82, 2.24) is 0 Å². The summed E-state index contributed by atoms with van der Waals surface area (Å²) in [5.41, 5.74) is 0. The van der Waals surface area contributed by atoms with Crippen molar-refractivity contribution in [2.24, 2.45) is 0 Å². The molecule has 0 heterocycles. The molecule has 0 unspecified atom stereocenters. The van der Waals surface area contributed by atoms with Crippen LogP contribution in [0.2, 0.25) is 0 Å². The van der Waals surface area contributed by atoms with Gasteiger partial charge in [0, 0.05) is 0 Å². The third kappa shape index (κ3) is 2.89. The summed E-state index contributed by atoms with van der Waals surface area (Å²) >= 11 is 0. The van der Waals surface area contributed by atoms with Gasteiger partial charge in [0.2, 0.25) is 0 Å². The van der Waals surface area contributed by atoms with Crippen LogP contribution in [0, 0.1) is 61.4 Å². The molecule has 0 aromatic rings. The van der Waals surface area contributed by atoms with E-state index < -0.39 is 10.7 Å². The molecule has 0 rings (SSSR count). The van der Waals surface area contributed by atoms with E-state index in [0.717, 1.165) is 29.8 Å². The van der Waals surface area contributed by atoms with Crippen molar-refractivity contribution >= 4 is 0 Å². The van der Waals surface area contributed by atoms with Crippen LogP contribution < -0.4 is 80.9 Å². The molecule has 0 aliphatic carbocycles. The number of nitriles is 6. The maximum atomic E-state index is 8.58. The second kappa shape index (κ2) is 7.14. The summed E-state index contributed by atoms with van der Waals surface area (Å²) in [7, 11) is -6.17. The summed E-state index contributed by atoms with van der Waals surface area (Å²) < 4.78 is 0. The van der Waals surface area contributed by atoms with E-state index in [1.807, 2.05) is 0 Å². The molecule has 0 N–H and O–H groups in total. The van der Waals surface area contributed by atoms with Crippen molar-refractivity contribution in [3.8, 4) is 29.8 Å². The fraction of sp³-hybridized carbons (Fsp3) is 0. The van der Waals surface area contributed by atoms with E-state index in [2.05, 4.69) is 0 Å². The molecule has 16 heavy (non-hydrogen) atoms. The van der Waals surface area contributed by atoms with Crippen LogP contribution in [0.15, 0.2) is 0 Å². The van der Waals surface area contributed by atoms with Crippen molar-refractivity contribution in [2.75, 3.05) is 0 Å². The predicted molar refractivity (Wildman–Crippen MR) is 33.7 cm³/mol. The molecule has 0 aromatic carbocycles. The van der Waals surface area contributed by atoms with E-state index >= 15 is 0 Å². The average molecular weight is 330 g/mol. The molecule has 10 heteroatoms.